The number of ether oxygens (including phenoxy) is 1. The van der Waals surface area contributed by atoms with Crippen LogP contribution in [0.15, 0.2) is 72.8 Å². The van der Waals surface area contributed by atoms with Gasteiger partial charge in [0.05, 0.1) is 0 Å². The van der Waals surface area contributed by atoms with E-state index in [2.05, 4.69) is 55.5 Å². The summed E-state index contributed by atoms with van der Waals surface area (Å²) in [6.45, 7) is 4.80. The SMILES string of the molecule is C/C=C/c1ccc(N)c(COc2ccc(-c3ccc(C4CCC(CC)CC4)cc3)cc2)c1. The van der Waals surface area contributed by atoms with Crippen LogP contribution in [0.5, 0.6) is 5.75 Å². The molecule has 0 aromatic heterocycles. The fraction of sp³-hybridized carbons (Fsp3) is 0.333. The molecular weight excluding hydrogens is 390 g/mol. The van der Waals surface area contributed by atoms with Crippen LogP contribution < -0.4 is 10.5 Å². The maximum absolute atomic E-state index is 6.13. The van der Waals surface area contributed by atoms with Crippen molar-refractivity contribution >= 4 is 11.8 Å². The molecule has 0 amide bonds. The summed E-state index contributed by atoms with van der Waals surface area (Å²) < 4.78 is 6.01. The lowest BCUT2D eigenvalue weighted by molar-refractivity contribution is 0.307. The van der Waals surface area contributed by atoms with E-state index in [1.165, 1.54) is 48.8 Å². The third kappa shape index (κ3) is 5.43. The summed E-state index contributed by atoms with van der Waals surface area (Å²) in [5, 5.41) is 0. The molecule has 166 valence electrons. The second-order valence-electron chi connectivity index (χ2n) is 9.02. The third-order valence-electron chi connectivity index (χ3n) is 6.91. The van der Waals surface area contributed by atoms with Gasteiger partial charge >= 0.3 is 0 Å². The van der Waals surface area contributed by atoms with Gasteiger partial charge in [0.15, 0.2) is 0 Å². The number of nitrogens with two attached hydrogens (primary N) is 1. The van der Waals surface area contributed by atoms with E-state index >= 15 is 0 Å². The van der Waals surface area contributed by atoms with Gasteiger partial charge in [-0.3, -0.25) is 0 Å². The molecule has 2 nitrogen and oxygen atoms in total. The normalized spacial score (nSPS) is 18.7. The molecule has 3 aromatic rings. The van der Waals surface area contributed by atoms with E-state index in [1.54, 1.807) is 0 Å². The zero-order valence-corrected chi connectivity index (χ0v) is 19.4. The zero-order chi connectivity index (χ0) is 22.3. The molecule has 0 aliphatic heterocycles. The van der Waals surface area contributed by atoms with Crippen molar-refractivity contribution in [3.63, 3.8) is 0 Å². The molecule has 1 saturated carbocycles. The molecule has 0 bridgehead atoms. The molecule has 2 heteroatoms. The van der Waals surface area contributed by atoms with Crippen molar-refractivity contribution < 1.29 is 4.74 Å². The predicted octanol–water partition coefficient (Wildman–Crippen LogP) is 8.23. The minimum atomic E-state index is 0.464. The van der Waals surface area contributed by atoms with Gasteiger partial charge in [0.25, 0.3) is 0 Å². The summed E-state index contributed by atoms with van der Waals surface area (Å²) in [5.41, 5.74) is 13.0. The van der Waals surface area contributed by atoms with Crippen molar-refractivity contribution in [3.05, 3.63) is 89.5 Å². The molecule has 4 rings (SSSR count). The van der Waals surface area contributed by atoms with Crippen molar-refractivity contribution in [1.82, 2.24) is 0 Å². The van der Waals surface area contributed by atoms with E-state index in [-0.39, 0.29) is 0 Å². The van der Waals surface area contributed by atoms with Crippen molar-refractivity contribution in [2.75, 3.05) is 5.73 Å². The quantitative estimate of drug-likeness (QED) is 0.387. The van der Waals surface area contributed by atoms with Crippen LogP contribution in [-0.4, -0.2) is 0 Å². The van der Waals surface area contributed by atoms with Crippen LogP contribution in [0.3, 0.4) is 0 Å². The number of allylic oxidation sites excluding steroid dienone is 1. The molecule has 0 saturated heterocycles. The molecule has 0 radical (unpaired) electrons. The summed E-state index contributed by atoms with van der Waals surface area (Å²) in [6, 6.07) is 23.6. The van der Waals surface area contributed by atoms with Crippen LogP contribution in [-0.2, 0) is 6.61 Å². The fourth-order valence-corrected chi connectivity index (χ4v) is 4.80. The Balaban J connectivity index is 1.37. The Morgan fingerprint density at radius 1 is 0.875 bits per heavy atom. The first-order valence-corrected chi connectivity index (χ1v) is 12.0. The average molecular weight is 426 g/mol. The van der Waals surface area contributed by atoms with Gasteiger partial charge in [0.1, 0.15) is 12.4 Å². The summed E-state index contributed by atoms with van der Waals surface area (Å²) in [7, 11) is 0. The Labute approximate surface area is 193 Å². The van der Waals surface area contributed by atoms with E-state index in [9.17, 15) is 0 Å². The molecule has 1 fully saturated rings. The first-order valence-electron chi connectivity index (χ1n) is 12.0. The summed E-state index contributed by atoms with van der Waals surface area (Å²) in [5.74, 6) is 2.54. The Morgan fingerprint density at radius 2 is 1.53 bits per heavy atom. The van der Waals surface area contributed by atoms with E-state index < -0.39 is 0 Å². The van der Waals surface area contributed by atoms with Crippen LogP contribution in [0.25, 0.3) is 17.2 Å². The molecule has 2 N–H and O–H groups in total. The largest absolute Gasteiger partial charge is 0.489 e. The maximum atomic E-state index is 6.13. The standard InChI is InChI=1S/C30H35NO/c1-3-5-23-8-19-30(31)28(20-23)21-32-29-17-15-27(16-18-29)26-13-11-25(12-14-26)24-9-6-22(4-2)7-10-24/h3,5,8,11-20,22,24H,4,6-7,9-10,21,31H2,1-2H3/b5-3+. The van der Waals surface area contributed by atoms with Crippen LogP contribution in [0.2, 0.25) is 0 Å². The second-order valence-corrected chi connectivity index (χ2v) is 9.02. The van der Waals surface area contributed by atoms with E-state index in [1.807, 2.05) is 37.3 Å². The predicted molar refractivity (Wildman–Crippen MR) is 137 cm³/mol. The summed E-state index contributed by atoms with van der Waals surface area (Å²) >= 11 is 0. The highest BCUT2D eigenvalue weighted by Crippen LogP contribution is 2.37. The molecular formula is C30H35NO. The highest BCUT2D eigenvalue weighted by molar-refractivity contribution is 5.64. The summed E-state index contributed by atoms with van der Waals surface area (Å²) in [6.07, 6.45) is 10.9. The zero-order valence-electron chi connectivity index (χ0n) is 19.4. The third-order valence-corrected chi connectivity index (χ3v) is 6.91. The lowest BCUT2D eigenvalue weighted by Crippen LogP contribution is -2.12. The number of benzene rings is 3. The van der Waals surface area contributed by atoms with Gasteiger partial charge in [0, 0.05) is 11.3 Å². The Bertz CT molecular complexity index is 1030. The molecule has 32 heavy (non-hydrogen) atoms. The van der Waals surface area contributed by atoms with Gasteiger partial charge in [-0.2, -0.15) is 0 Å². The van der Waals surface area contributed by atoms with Gasteiger partial charge in [-0.25, -0.2) is 0 Å². The number of hydrogen-bond acceptors (Lipinski definition) is 2. The van der Waals surface area contributed by atoms with Crippen molar-refractivity contribution in [2.24, 2.45) is 5.92 Å². The van der Waals surface area contributed by atoms with Crippen LogP contribution in [0.4, 0.5) is 5.69 Å². The Morgan fingerprint density at radius 3 is 2.16 bits per heavy atom. The monoisotopic (exact) mass is 425 g/mol. The van der Waals surface area contributed by atoms with Gasteiger partial charge in [-0.15, -0.1) is 0 Å². The topological polar surface area (TPSA) is 35.2 Å². The van der Waals surface area contributed by atoms with Crippen LogP contribution >= 0.6 is 0 Å². The highest BCUT2D eigenvalue weighted by atomic mass is 16.5. The number of rotatable bonds is 7. The number of anilines is 1. The number of nitrogen functional groups attached to an aromatic ring is 1. The molecule has 0 spiro atoms. The summed E-state index contributed by atoms with van der Waals surface area (Å²) in [4.78, 5) is 0. The van der Waals surface area contributed by atoms with E-state index in [0.717, 1.165) is 34.4 Å². The average Bonchev–Trinajstić information content (AvgIpc) is 2.85. The molecule has 1 aliphatic carbocycles. The maximum Gasteiger partial charge on any atom is 0.119 e. The van der Waals surface area contributed by atoms with E-state index in [4.69, 9.17) is 10.5 Å². The molecule has 1 aliphatic rings. The Hall–Kier alpha value is -3.00. The lowest BCUT2D eigenvalue weighted by Gasteiger charge is -2.28. The molecule has 0 atom stereocenters. The van der Waals surface area contributed by atoms with Crippen LogP contribution in [0.1, 0.15) is 68.6 Å². The van der Waals surface area contributed by atoms with Crippen molar-refractivity contribution in [3.8, 4) is 16.9 Å². The van der Waals surface area contributed by atoms with Gasteiger partial charge in [0.2, 0.25) is 0 Å². The smallest absolute Gasteiger partial charge is 0.119 e. The minimum absolute atomic E-state index is 0.464. The van der Waals surface area contributed by atoms with Crippen molar-refractivity contribution in [2.45, 2.75) is 58.5 Å². The van der Waals surface area contributed by atoms with E-state index in [0.29, 0.717) is 6.61 Å². The highest BCUT2D eigenvalue weighted by Gasteiger charge is 2.21. The second kappa shape index (κ2) is 10.5. The van der Waals surface area contributed by atoms with Gasteiger partial charge < -0.3 is 10.5 Å². The van der Waals surface area contributed by atoms with Gasteiger partial charge in [-0.05, 0) is 91.0 Å². The number of hydrogen-bond donors (Lipinski definition) is 1. The fourth-order valence-electron chi connectivity index (χ4n) is 4.80. The van der Waals surface area contributed by atoms with Gasteiger partial charge in [-0.1, -0.05) is 68.0 Å². The first kappa shape index (κ1) is 22.2. The molecule has 0 unspecified atom stereocenters. The van der Waals surface area contributed by atoms with Crippen molar-refractivity contribution in [1.29, 1.82) is 0 Å². The minimum Gasteiger partial charge on any atom is -0.489 e. The first-order chi connectivity index (χ1) is 15.7. The lowest BCUT2D eigenvalue weighted by atomic mass is 9.77. The Kier molecular flexibility index (Phi) is 7.32. The molecule has 3 aromatic carbocycles. The van der Waals surface area contributed by atoms with Crippen LogP contribution in [0, 0.1) is 5.92 Å². The molecule has 0 heterocycles.